The van der Waals surface area contributed by atoms with Crippen LogP contribution >= 0.6 is 0 Å². The predicted octanol–water partition coefficient (Wildman–Crippen LogP) is 6.12. The van der Waals surface area contributed by atoms with E-state index < -0.39 is 0 Å². The van der Waals surface area contributed by atoms with Gasteiger partial charge < -0.3 is 4.74 Å². The topological polar surface area (TPSA) is 74.8 Å². The van der Waals surface area contributed by atoms with E-state index in [1.807, 2.05) is 114 Å². The lowest BCUT2D eigenvalue weighted by Crippen LogP contribution is -2.21. The molecule has 0 fully saturated rings. The van der Waals surface area contributed by atoms with Gasteiger partial charge in [-0.15, -0.1) is 0 Å². The molecule has 3 aromatic heterocycles. The van der Waals surface area contributed by atoms with E-state index in [1.165, 1.54) is 0 Å². The van der Waals surface area contributed by atoms with E-state index in [9.17, 15) is 4.79 Å². The van der Waals surface area contributed by atoms with E-state index >= 15 is 0 Å². The molecule has 4 aromatic carbocycles. The maximum atomic E-state index is 13.8. The fraction of sp³-hybridized carbons (Fsp3) is 0.0323. The Balaban J connectivity index is 1.42. The molecule has 0 bridgehead atoms. The highest BCUT2D eigenvalue weighted by Gasteiger charge is 2.21. The van der Waals surface area contributed by atoms with Crippen molar-refractivity contribution in [3.8, 4) is 17.2 Å². The van der Waals surface area contributed by atoms with Gasteiger partial charge in [0.15, 0.2) is 11.3 Å². The molecule has 0 aliphatic carbocycles. The minimum atomic E-state index is -0.156. The number of rotatable bonds is 5. The van der Waals surface area contributed by atoms with Crippen LogP contribution in [0.3, 0.4) is 0 Å². The first kappa shape index (κ1) is 21.9. The van der Waals surface area contributed by atoms with E-state index in [0.29, 0.717) is 34.5 Å². The quantitative estimate of drug-likeness (QED) is 0.287. The highest BCUT2D eigenvalue weighted by Crippen LogP contribution is 2.30. The first-order valence-corrected chi connectivity index (χ1v) is 12.3. The third-order valence-electron chi connectivity index (χ3n) is 6.50. The molecule has 3 heterocycles. The molecule has 38 heavy (non-hydrogen) atoms. The van der Waals surface area contributed by atoms with Gasteiger partial charge in [0.2, 0.25) is 0 Å². The number of ether oxygens (including phenoxy) is 1. The lowest BCUT2D eigenvalue weighted by molar-refractivity contribution is 0.482. The average Bonchev–Trinajstić information content (AvgIpc) is 3.28. The Morgan fingerprint density at radius 2 is 1.29 bits per heavy atom. The van der Waals surface area contributed by atoms with Gasteiger partial charge in [0.05, 0.1) is 17.6 Å². The summed E-state index contributed by atoms with van der Waals surface area (Å²) >= 11 is 0. The third kappa shape index (κ3) is 3.77. The fourth-order valence-corrected chi connectivity index (χ4v) is 4.70. The lowest BCUT2D eigenvalue weighted by atomic mass is 10.2. The first-order chi connectivity index (χ1) is 18.7. The van der Waals surface area contributed by atoms with Gasteiger partial charge in [-0.2, -0.15) is 0 Å². The van der Waals surface area contributed by atoms with Crippen molar-refractivity contribution in [3.05, 3.63) is 131 Å². The molecule has 0 N–H and O–H groups in total. The molecule has 7 rings (SSSR count). The van der Waals surface area contributed by atoms with Gasteiger partial charge in [-0.3, -0.25) is 13.9 Å². The molecule has 0 aliphatic rings. The summed E-state index contributed by atoms with van der Waals surface area (Å²) in [6, 6.07) is 34.8. The van der Waals surface area contributed by atoms with E-state index in [1.54, 1.807) is 10.9 Å². The normalized spacial score (nSPS) is 11.4. The standard InChI is InChI=1S/C31H21N5O2/c37-31-27-28-30(34-26-14-8-7-13-25(26)33-28)36(29(27)32-20-35(31)19-21-9-3-1-4-10-21)22-15-17-24(18-16-22)38-23-11-5-2-6-12-23/h1-18,20H,19H2. The van der Waals surface area contributed by atoms with Gasteiger partial charge in [0.1, 0.15) is 28.7 Å². The van der Waals surface area contributed by atoms with Crippen LogP contribution in [0.1, 0.15) is 5.56 Å². The van der Waals surface area contributed by atoms with Crippen LogP contribution in [-0.4, -0.2) is 24.1 Å². The summed E-state index contributed by atoms with van der Waals surface area (Å²) in [5.41, 5.74) is 4.77. The Bertz CT molecular complexity index is 1980. The summed E-state index contributed by atoms with van der Waals surface area (Å²) in [4.78, 5) is 28.3. The van der Waals surface area contributed by atoms with Gasteiger partial charge in [-0.25, -0.2) is 15.0 Å². The Hall–Kier alpha value is -5.30. The number of nitrogens with zero attached hydrogens (tertiary/aromatic N) is 5. The summed E-state index contributed by atoms with van der Waals surface area (Å²) in [6.07, 6.45) is 1.60. The smallest absolute Gasteiger partial charge is 0.265 e. The number of hydrogen-bond donors (Lipinski definition) is 0. The third-order valence-corrected chi connectivity index (χ3v) is 6.50. The van der Waals surface area contributed by atoms with Gasteiger partial charge >= 0.3 is 0 Å². The van der Waals surface area contributed by atoms with Gasteiger partial charge in [-0.05, 0) is 54.1 Å². The molecule has 7 aromatic rings. The molecule has 7 heteroatoms. The van der Waals surface area contributed by atoms with Crippen LogP contribution in [0.5, 0.6) is 11.5 Å². The first-order valence-electron chi connectivity index (χ1n) is 12.3. The van der Waals surface area contributed by atoms with Gasteiger partial charge in [0, 0.05) is 5.69 Å². The summed E-state index contributed by atoms with van der Waals surface area (Å²) in [7, 11) is 0. The Morgan fingerprint density at radius 3 is 2.03 bits per heavy atom. The number of benzene rings is 4. The number of hydrogen-bond acceptors (Lipinski definition) is 5. The van der Waals surface area contributed by atoms with Crippen LogP contribution in [0.4, 0.5) is 0 Å². The summed E-state index contributed by atoms with van der Waals surface area (Å²) in [5.74, 6) is 1.46. The molecule has 0 radical (unpaired) electrons. The van der Waals surface area contributed by atoms with E-state index in [2.05, 4.69) is 0 Å². The van der Waals surface area contributed by atoms with Crippen molar-refractivity contribution >= 4 is 33.2 Å². The largest absolute Gasteiger partial charge is 0.457 e. The fourth-order valence-electron chi connectivity index (χ4n) is 4.70. The Morgan fingerprint density at radius 1 is 0.658 bits per heavy atom. The lowest BCUT2D eigenvalue weighted by Gasteiger charge is -2.10. The van der Waals surface area contributed by atoms with Crippen molar-refractivity contribution in [2.24, 2.45) is 0 Å². The maximum absolute atomic E-state index is 13.8. The molecule has 0 saturated carbocycles. The second-order valence-corrected chi connectivity index (χ2v) is 8.99. The minimum absolute atomic E-state index is 0.156. The Labute approximate surface area is 217 Å². The van der Waals surface area contributed by atoms with Crippen molar-refractivity contribution in [1.82, 2.24) is 24.1 Å². The van der Waals surface area contributed by atoms with Crippen LogP contribution in [0.2, 0.25) is 0 Å². The van der Waals surface area contributed by atoms with E-state index in [4.69, 9.17) is 19.7 Å². The minimum Gasteiger partial charge on any atom is -0.457 e. The summed E-state index contributed by atoms with van der Waals surface area (Å²) < 4.78 is 9.48. The van der Waals surface area contributed by atoms with Crippen LogP contribution in [0.25, 0.3) is 38.9 Å². The van der Waals surface area contributed by atoms with Crippen molar-refractivity contribution in [2.75, 3.05) is 0 Å². The Kier molecular flexibility index (Phi) is 5.18. The van der Waals surface area contributed by atoms with Crippen LogP contribution in [0.15, 0.2) is 120 Å². The van der Waals surface area contributed by atoms with Crippen molar-refractivity contribution < 1.29 is 4.74 Å². The second kappa shape index (κ2) is 8.97. The molecular formula is C31H21N5O2. The van der Waals surface area contributed by atoms with Gasteiger partial charge in [-0.1, -0.05) is 60.7 Å². The molecule has 0 spiro atoms. The molecule has 182 valence electrons. The second-order valence-electron chi connectivity index (χ2n) is 8.99. The molecule has 0 saturated heterocycles. The zero-order valence-corrected chi connectivity index (χ0v) is 20.2. The zero-order chi connectivity index (χ0) is 25.5. The number of aromatic nitrogens is 5. The molecule has 0 unspecified atom stereocenters. The van der Waals surface area contributed by atoms with Crippen molar-refractivity contribution in [2.45, 2.75) is 6.54 Å². The number of para-hydroxylation sites is 3. The average molecular weight is 496 g/mol. The summed E-state index contributed by atoms with van der Waals surface area (Å²) in [5, 5.41) is 0.446. The molecule has 0 atom stereocenters. The zero-order valence-electron chi connectivity index (χ0n) is 20.2. The van der Waals surface area contributed by atoms with E-state index in [0.717, 1.165) is 28.0 Å². The predicted molar refractivity (Wildman–Crippen MR) is 148 cm³/mol. The van der Waals surface area contributed by atoms with Crippen LogP contribution in [-0.2, 0) is 6.54 Å². The van der Waals surface area contributed by atoms with Crippen LogP contribution < -0.4 is 10.3 Å². The molecule has 7 nitrogen and oxygen atoms in total. The highest BCUT2D eigenvalue weighted by atomic mass is 16.5. The van der Waals surface area contributed by atoms with Gasteiger partial charge in [0.25, 0.3) is 5.56 Å². The summed E-state index contributed by atoms with van der Waals surface area (Å²) in [6.45, 7) is 0.418. The highest BCUT2D eigenvalue weighted by molar-refractivity contribution is 6.05. The van der Waals surface area contributed by atoms with E-state index in [-0.39, 0.29) is 5.56 Å². The molecule has 0 aliphatic heterocycles. The maximum Gasteiger partial charge on any atom is 0.265 e. The van der Waals surface area contributed by atoms with Crippen molar-refractivity contribution in [3.63, 3.8) is 0 Å². The van der Waals surface area contributed by atoms with Crippen LogP contribution in [0, 0.1) is 0 Å². The molecular weight excluding hydrogens is 474 g/mol. The molecule has 0 amide bonds. The number of fused-ring (bicyclic) bond motifs is 4. The van der Waals surface area contributed by atoms with Crippen molar-refractivity contribution in [1.29, 1.82) is 0 Å². The SMILES string of the molecule is O=c1c2c3nc4ccccc4nc3n(-c3ccc(Oc4ccccc4)cc3)c2ncn1Cc1ccccc1. The monoisotopic (exact) mass is 495 g/mol.